The maximum atomic E-state index is 13.2. The predicted molar refractivity (Wildman–Crippen MR) is 97.2 cm³/mol. The molecular formula is C18H24N2O4S. The molecule has 0 aliphatic carbocycles. The van der Waals surface area contributed by atoms with Gasteiger partial charge in [-0.3, -0.25) is 9.59 Å². The molecule has 1 saturated heterocycles. The lowest BCUT2D eigenvalue weighted by Gasteiger charge is -2.29. The Hall–Kier alpha value is -1.89. The third-order valence-electron chi connectivity index (χ3n) is 4.69. The zero-order valence-corrected chi connectivity index (χ0v) is 16.0. The molecule has 0 unspecified atom stereocenters. The summed E-state index contributed by atoms with van der Waals surface area (Å²) in [6, 6.07) is 3.19. The average molecular weight is 364 g/mol. The van der Waals surface area contributed by atoms with Crippen LogP contribution in [0.15, 0.2) is 12.1 Å². The first kappa shape index (κ1) is 17.9. The quantitative estimate of drug-likeness (QED) is 0.870. The van der Waals surface area contributed by atoms with Gasteiger partial charge >= 0.3 is 0 Å². The number of carbonyl (C=O) groups is 2. The van der Waals surface area contributed by atoms with E-state index in [0.29, 0.717) is 23.6 Å². The molecule has 2 amide bonds. The van der Waals surface area contributed by atoms with Gasteiger partial charge in [-0.1, -0.05) is 13.0 Å². The molecule has 2 aliphatic heterocycles. The molecule has 0 bridgehead atoms. The van der Waals surface area contributed by atoms with Gasteiger partial charge in [0.25, 0.3) is 5.91 Å². The number of methoxy groups -OCH3 is 2. The average Bonchev–Trinajstić information content (AvgIpc) is 3.01. The Balaban J connectivity index is 2.05. The number of amides is 2. The van der Waals surface area contributed by atoms with Crippen LogP contribution < -0.4 is 14.8 Å². The summed E-state index contributed by atoms with van der Waals surface area (Å²) in [7, 11) is 3.07. The number of hydrogen-bond donors (Lipinski definition) is 1. The lowest BCUT2D eigenvalue weighted by atomic mass is 10.0. The molecule has 3 rings (SSSR count). The molecular weight excluding hydrogens is 340 g/mol. The van der Waals surface area contributed by atoms with Crippen molar-refractivity contribution in [3.8, 4) is 11.5 Å². The fourth-order valence-electron chi connectivity index (χ4n) is 3.60. The van der Waals surface area contributed by atoms with Gasteiger partial charge in [-0.15, -0.1) is 11.8 Å². The van der Waals surface area contributed by atoms with E-state index >= 15 is 0 Å². The lowest BCUT2D eigenvalue weighted by Crippen LogP contribution is -2.52. The van der Waals surface area contributed by atoms with E-state index < -0.39 is 6.04 Å². The Morgan fingerprint density at radius 1 is 1.32 bits per heavy atom. The second kappa shape index (κ2) is 6.44. The molecule has 1 N–H and O–H groups in total. The Bertz CT molecular complexity index is 719. The normalized spacial score (nSPS) is 23.2. The molecule has 0 saturated carbocycles. The highest BCUT2D eigenvalue weighted by molar-refractivity contribution is 8.01. The number of hydrogen-bond acceptors (Lipinski definition) is 5. The smallest absolute Gasteiger partial charge is 0.260 e. The molecule has 2 aliphatic rings. The molecule has 6 nitrogen and oxygen atoms in total. The number of benzene rings is 1. The molecule has 1 aromatic rings. The predicted octanol–water partition coefficient (Wildman–Crippen LogP) is 2.58. The van der Waals surface area contributed by atoms with E-state index in [4.69, 9.17) is 9.47 Å². The standard InChI is InChI=1S/C18H24N2O4S/c1-6-9-19-15(21)14-18(2,3)25-17-10-7-8-11(23-4)13(24-5)12(10)16(22)20(14)17/h7-8,14,17H,6,9H2,1-5H3,(H,19,21)/t14-,17+/m0/s1. The number of nitrogens with zero attached hydrogens (tertiary/aromatic N) is 1. The van der Waals surface area contributed by atoms with E-state index in [1.807, 2.05) is 32.9 Å². The highest BCUT2D eigenvalue weighted by Gasteiger charge is 2.58. The van der Waals surface area contributed by atoms with Crippen molar-refractivity contribution in [2.45, 2.75) is 43.4 Å². The maximum absolute atomic E-state index is 13.2. The fourth-order valence-corrected chi connectivity index (χ4v) is 5.18. The van der Waals surface area contributed by atoms with Crippen molar-refractivity contribution in [3.05, 3.63) is 23.3 Å². The largest absolute Gasteiger partial charge is 0.493 e. The van der Waals surface area contributed by atoms with Gasteiger partial charge < -0.3 is 19.7 Å². The summed E-state index contributed by atoms with van der Waals surface area (Å²) in [5.74, 6) is 0.678. The summed E-state index contributed by atoms with van der Waals surface area (Å²) < 4.78 is 10.4. The van der Waals surface area contributed by atoms with E-state index in [-0.39, 0.29) is 21.9 Å². The van der Waals surface area contributed by atoms with Crippen LogP contribution in [0.1, 0.15) is 48.5 Å². The number of ether oxygens (including phenoxy) is 2. The van der Waals surface area contributed by atoms with Gasteiger partial charge in [-0.05, 0) is 26.3 Å². The minimum atomic E-state index is -0.523. The highest BCUT2D eigenvalue weighted by Crippen LogP contribution is 2.58. The third kappa shape index (κ3) is 2.65. The van der Waals surface area contributed by atoms with Gasteiger partial charge in [-0.25, -0.2) is 0 Å². The van der Waals surface area contributed by atoms with Crippen molar-refractivity contribution in [2.24, 2.45) is 0 Å². The summed E-state index contributed by atoms with van der Waals surface area (Å²) in [6.45, 7) is 6.64. The van der Waals surface area contributed by atoms with Crippen molar-refractivity contribution in [1.82, 2.24) is 10.2 Å². The topological polar surface area (TPSA) is 67.9 Å². The van der Waals surface area contributed by atoms with E-state index in [2.05, 4.69) is 5.32 Å². The second-order valence-electron chi connectivity index (χ2n) is 6.74. The number of carbonyl (C=O) groups excluding carboxylic acids is 2. The summed E-state index contributed by atoms with van der Waals surface area (Å²) in [5.41, 5.74) is 1.38. The van der Waals surface area contributed by atoms with Crippen LogP contribution in [0.5, 0.6) is 11.5 Å². The van der Waals surface area contributed by atoms with Crippen molar-refractivity contribution in [2.75, 3.05) is 20.8 Å². The monoisotopic (exact) mass is 364 g/mol. The Morgan fingerprint density at radius 2 is 2.04 bits per heavy atom. The second-order valence-corrected chi connectivity index (χ2v) is 8.48. The van der Waals surface area contributed by atoms with Crippen LogP contribution in [-0.4, -0.2) is 48.3 Å². The van der Waals surface area contributed by atoms with Crippen molar-refractivity contribution in [3.63, 3.8) is 0 Å². The van der Waals surface area contributed by atoms with Gasteiger partial charge in [0.2, 0.25) is 5.91 Å². The fraction of sp³-hybridized carbons (Fsp3) is 0.556. The van der Waals surface area contributed by atoms with Crippen LogP contribution in [0.3, 0.4) is 0 Å². The van der Waals surface area contributed by atoms with Crippen LogP contribution >= 0.6 is 11.8 Å². The van der Waals surface area contributed by atoms with Crippen LogP contribution in [0.4, 0.5) is 0 Å². The molecule has 1 aromatic carbocycles. The SMILES string of the molecule is CCCNC(=O)[C@@H]1N2C(=O)c3c(ccc(OC)c3OC)[C@H]2SC1(C)C. The van der Waals surface area contributed by atoms with Gasteiger partial charge in [0.1, 0.15) is 11.4 Å². The molecule has 0 aromatic heterocycles. The zero-order chi connectivity index (χ0) is 18.4. The minimum Gasteiger partial charge on any atom is -0.493 e. The summed E-state index contributed by atoms with van der Waals surface area (Å²) in [5, 5.41) is 2.75. The van der Waals surface area contributed by atoms with E-state index in [1.54, 1.807) is 23.8 Å². The first-order valence-electron chi connectivity index (χ1n) is 8.40. The minimum absolute atomic E-state index is 0.103. The number of nitrogens with one attached hydrogen (secondary N) is 1. The molecule has 2 atom stereocenters. The molecule has 0 radical (unpaired) electrons. The van der Waals surface area contributed by atoms with Gasteiger partial charge in [0, 0.05) is 16.9 Å². The van der Waals surface area contributed by atoms with E-state index in [0.717, 1.165) is 12.0 Å². The summed E-state index contributed by atoms with van der Waals surface area (Å²) in [6.07, 6.45) is 0.856. The molecule has 2 heterocycles. The molecule has 136 valence electrons. The van der Waals surface area contributed by atoms with Crippen molar-refractivity contribution >= 4 is 23.6 Å². The van der Waals surface area contributed by atoms with E-state index in [9.17, 15) is 9.59 Å². The Morgan fingerprint density at radius 3 is 2.64 bits per heavy atom. The van der Waals surface area contributed by atoms with E-state index in [1.165, 1.54) is 7.11 Å². The van der Waals surface area contributed by atoms with Gasteiger partial charge in [-0.2, -0.15) is 0 Å². The zero-order valence-electron chi connectivity index (χ0n) is 15.2. The first-order chi connectivity index (χ1) is 11.9. The summed E-state index contributed by atoms with van der Waals surface area (Å²) >= 11 is 1.64. The number of thioether (sulfide) groups is 1. The third-order valence-corrected chi connectivity index (χ3v) is 6.23. The molecule has 7 heteroatoms. The Labute approximate surface area is 152 Å². The number of rotatable bonds is 5. The highest BCUT2D eigenvalue weighted by atomic mass is 32.2. The summed E-state index contributed by atoms with van der Waals surface area (Å²) in [4.78, 5) is 27.7. The van der Waals surface area contributed by atoms with Gasteiger partial charge in [0.05, 0.1) is 19.8 Å². The maximum Gasteiger partial charge on any atom is 0.260 e. The first-order valence-corrected chi connectivity index (χ1v) is 9.28. The molecule has 25 heavy (non-hydrogen) atoms. The lowest BCUT2D eigenvalue weighted by molar-refractivity contribution is -0.126. The van der Waals surface area contributed by atoms with Crippen molar-refractivity contribution < 1.29 is 19.1 Å². The van der Waals surface area contributed by atoms with Crippen LogP contribution in [0.2, 0.25) is 0 Å². The molecule has 0 spiro atoms. The number of fused-ring (bicyclic) bond motifs is 3. The van der Waals surface area contributed by atoms with Crippen LogP contribution in [0, 0.1) is 0 Å². The van der Waals surface area contributed by atoms with Crippen LogP contribution in [-0.2, 0) is 4.79 Å². The Kier molecular flexibility index (Phi) is 4.62. The molecule has 1 fully saturated rings. The van der Waals surface area contributed by atoms with Crippen molar-refractivity contribution in [1.29, 1.82) is 0 Å². The van der Waals surface area contributed by atoms with Crippen LogP contribution in [0.25, 0.3) is 0 Å². The van der Waals surface area contributed by atoms with Gasteiger partial charge in [0.15, 0.2) is 11.5 Å².